The van der Waals surface area contributed by atoms with E-state index in [1.165, 1.54) is 18.3 Å². The third kappa shape index (κ3) is 5.61. The molecular formula is C23H21ClF3N5O3. The molecular weight excluding hydrogens is 487 g/mol. The van der Waals surface area contributed by atoms with Gasteiger partial charge in [-0.2, -0.15) is 23.1 Å². The van der Waals surface area contributed by atoms with Gasteiger partial charge in [-0.05, 0) is 50.5 Å². The summed E-state index contributed by atoms with van der Waals surface area (Å²) in [6.45, 7) is 1.44. The molecule has 0 atom stereocenters. The molecule has 0 aliphatic heterocycles. The van der Waals surface area contributed by atoms with Crippen molar-refractivity contribution >= 4 is 17.5 Å². The normalized spacial score (nSPS) is 14.0. The van der Waals surface area contributed by atoms with E-state index in [1.807, 2.05) is 0 Å². The van der Waals surface area contributed by atoms with Crippen molar-refractivity contribution in [3.63, 3.8) is 0 Å². The zero-order valence-electron chi connectivity index (χ0n) is 18.7. The van der Waals surface area contributed by atoms with Gasteiger partial charge in [0.1, 0.15) is 11.5 Å². The number of ether oxygens (including phenoxy) is 1. The highest BCUT2D eigenvalue weighted by molar-refractivity contribution is 6.33. The van der Waals surface area contributed by atoms with Crippen LogP contribution in [-0.4, -0.2) is 43.2 Å². The molecule has 1 aliphatic carbocycles. The highest BCUT2D eigenvalue weighted by atomic mass is 35.5. The maximum Gasteiger partial charge on any atom is 0.402 e. The molecule has 1 aliphatic rings. The molecule has 1 amide bonds. The number of hydrogen-bond acceptors (Lipinski definition) is 7. The highest BCUT2D eigenvalue weighted by Gasteiger charge is 2.52. The van der Waals surface area contributed by atoms with Gasteiger partial charge in [0.15, 0.2) is 11.6 Å². The molecule has 8 nitrogen and oxygen atoms in total. The Labute approximate surface area is 203 Å². The topological polar surface area (TPSA) is 110 Å². The van der Waals surface area contributed by atoms with Gasteiger partial charge in [0.25, 0.3) is 0 Å². The Kier molecular flexibility index (Phi) is 6.54. The van der Waals surface area contributed by atoms with Gasteiger partial charge in [0, 0.05) is 29.9 Å². The molecule has 0 bridgehead atoms. The average Bonchev–Trinajstić information content (AvgIpc) is 3.61. The zero-order valence-corrected chi connectivity index (χ0v) is 19.5. The molecule has 1 aromatic carbocycles. The fourth-order valence-corrected chi connectivity index (χ4v) is 3.14. The molecule has 2 heterocycles. The first-order valence-electron chi connectivity index (χ1n) is 10.7. The Morgan fingerprint density at radius 2 is 1.86 bits per heavy atom. The van der Waals surface area contributed by atoms with Crippen molar-refractivity contribution in [1.29, 1.82) is 0 Å². The molecule has 184 valence electrons. The number of aromatic hydroxyl groups is 1. The zero-order chi connectivity index (χ0) is 25.4. The second kappa shape index (κ2) is 9.29. The molecule has 3 aromatic rings. The average molecular weight is 508 g/mol. The minimum Gasteiger partial charge on any atom is -0.479 e. The van der Waals surface area contributed by atoms with E-state index in [-0.39, 0.29) is 29.3 Å². The first kappa shape index (κ1) is 24.6. The van der Waals surface area contributed by atoms with Crippen LogP contribution in [0.4, 0.5) is 13.2 Å². The number of alkyl halides is 3. The van der Waals surface area contributed by atoms with Crippen LogP contribution in [0.15, 0.2) is 36.5 Å². The fraction of sp³-hybridized carbons (Fsp3) is 0.348. The number of amides is 1. The Balaban J connectivity index is 1.56. The van der Waals surface area contributed by atoms with E-state index in [0.29, 0.717) is 22.6 Å². The first-order chi connectivity index (χ1) is 16.4. The second-order valence-electron chi connectivity index (χ2n) is 8.60. The van der Waals surface area contributed by atoms with Crippen molar-refractivity contribution in [1.82, 2.24) is 25.3 Å². The lowest BCUT2D eigenvalue weighted by Crippen LogP contribution is -2.46. The van der Waals surface area contributed by atoms with Gasteiger partial charge in [0.2, 0.25) is 11.8 Å². The molecule has 12 heteroatoms. The quantitative estimate of drug-likeness (QED) is 0.476. The highest BCUT2D eigenvalue weighted by Crippen LogP contribution is 2.37. The van der Waals surface area contributed by atoms with Crippen LogP contribution in [0.2, 0.25) is 5.02 Å². The summed E-state index contributed by atoms with van der Waals surface area (Å²) < 4.78 is 44.9. The number of hydrogen-bond donors (Lipinski definition) is 2. The van der Waals surface area contributed by atoms with Crippen molar-refractivity contribution in [2.24, 2.45) is 5.41 Å². The summed E-state index contributed by atoms with van der Waals surface area (Å²) in [5, 5.41) is 12.6. The number of nitrogens with one attached hydrogen (secondary N) is 1. The van der Waals surface area contributed by atoms with Crippen LogP contribution in [0.3, 0.4) is 0 Å². The van der Waals surface area contributed by atoms with Gasteiger partial charge < -0.3 is 15.2 Å². The van der Waals surface area contributed by atoms with Gasteiger partial charge in [-0.3, -0.25) is 4.79 Å². The maximum absolute atomic E-state index is 13.1. The van der Waals surface area contributed by atoms with Crippen molar-refractivity contribution in [2.75, 3.05) is 0 Å². The number of carbonyl (C=O) groups is 1. The summed E-state index contributed by atoms with van der Waals surface area (Å²) in [6, 6.07) is 7.39. The Bertz CT molecular complexity index is 1250. The molecule has 1 fully saturated rings. The number of aromatic nitrogens is 4. The van der Waals surface area contributed by atoms with E-state index in [4.69, 9.17) is 16.3 Å². The van der Waals surface area contributed by atoms with Crippen LogP contribution in [0, 0.1) is 5.41 Å². The van der Waals surface area contributed by atoms with Gasteiger partial charge in [-0.1, -0.05) is 17.7 Å². The number of halogens is 4. The predicted molar refractivity (Wildman–Crippen MR) is 121 cm³/mol. The Morgan fingerprint density at radius 1 is 1.14 bits per heavy atom. The lowest BCUT2D eigenvalue weighted by molar-refractivity contribution is -0.211. The largest absolute Gasteiger partial charge is 0.479 e. The number of carbonyl (C=O) groups excluding carboxylic acids is 1. The second-order valence-corrected chi connectivity index (χ2v) is 9.01. The predicted octanol–water partition coefficient (Wildman–Crippen LogP) is 4.71. The van der Waals surface area contributed by atoms with Crippen LogP contribution in [0.25, 0.3) is 22.8 Å². The maximum atomic E-state index is 13.1. The number of nitrogens with zero attached hydrogens (tertiary/aromatic N) is 4. The van der Waals surface area contributed by atoms with Gasteiger partial charge in [0.05, 0.1) is 5.02 Å². The fourth-order valence-electron chi connectivity index (χ4n) is 2.94. The number of rotatable bonds is 7. The van der Waals surface area contributed by atoms with Crippen LogP contribution in [-0.2, 0) is 11.3 Å². The van der Waals surface area contributed by atoms with Gasteiger partial charge in [-0.25, -0.2) is 9.97 Å². The van der Waals surface area contributed by atoms with E-state index in [9.17, 15) is 23.1 Å². The van der Waals surface area contributed by atoms with Gasteiger partial charge >= 0.3 is 12.2 Å². The molecule has 1 saturated carbocycles. The Morgan fingerprint density at radius 3 is 2.49 bits per heavy atom. The summed E-state index contributed by atoms with van der Waals surface area (Å²) in [5.41, 5.74) is -1.29. The molecule has 4 rings (SSSR count). The standard InChI is InChI=1S/C23H21ClF3N5O3/c1-22(2,23(25,26)27)20(33)29-10-12-3-7-16(24)15(9-12)19-30-18(31-21(34)32-19)13-4-8-17(28-11-13)35-14-5-6-14/h3-4,7-9,11,14H,5-6,10H2,1-2H3,(H,29,33)(H,30,31,32,34). The summed E-state index contributed by atoms with van der Waals surface area (Å²) >= 11 is 6.30. The summed E-state index contributed by atoms with van der Waals surface area (Å²) in [7, 11) is 0. The van der Waals surface area contributed by atoms with E-state index in [2.05, 4.69) is 25.3 Å². The number of pyridine rings is 1. The smallest absolute Gasteiger partial charge is 0.402 e. The SMILES string of the molecule is CC(C)(C(=O)NCc1ccc(Cl)c(-c2nc(O)nc(-c3ccc(OC4CC4)nc3)n2)c1)C(F)(F)F. The van der Waals surface area contributed by atoms with Crippen LogP contribution in [0.5, 0.6) is 11.9 Å². The molecule has 35 heavy (non-hydrogen) atoms. The summed E-state index contributed by atoms with van der Waals surface area (Å²) in [4.78, 5) is 28.6. The minimum absolute atomic E-state index is 0.0413. The summed E-state index contributed by atoms with van der Waals surface area (Å²) in [5.74, 6) is -0.510. The van der Waals surface area contributed by atoms with Crippen LogP contribution < -0.4 is 10.1 Å². The van der Waals surface area contributed by atoms with E-state index >= 15 is 0 Å². The summed E-state index contributed by atoms with van der Waals surface area (Å²) in [6.07, 6.45) is -1.00. The van der Waals surface area contributed by atoms with Crippen molar-refractivity contribution in [3.05, 3.63) is 47.1 Å². The van der Waals surface area contributed by atoms with Crippen LogP contribution >= 0.6 is 11.6 Å². The van der Waals surface area contributed by atoms with E-state index in [0.717, 1.165) is 26.7 Å². The third-order valence-electron chi connectivity index (χ3n) is 5.43. The molecule has 2 N–H and O–H groups in total. The molecule has 0 spiro atoms. The molecule has 2 aromatic heterocycles. The van der Waals surface area contributed by atoms with Crippen molar-refractivity contribution in [3.8, 4) is 34.7 Å². The lowest BCUT2D eigenvalue weighted by Gasteiger charge is -2.26. The molecule has 0 saturated heterocycles. The van der Waals surface area contributed by atoms with Gasteiger partial charge in [-0.15, -0.1) is 0 Å². The van der Waals surface area contributed by atoms with Crippen molar-refractivity contribution < 1.29 is 27.8 Å². The van der Waals surface area contributed by atoms with E-state index in [1.54, 1.807) is 18.2 Å². The van der Waals surface area contributed by atoms with Crippen LogP contribution in [0.1, 0.15) is 32.3 Å². The van der Waals surface area contributed by atoms with E-state index < -0.39 is 23.5 Å². The molecule has 0 radical (unpaired) electrons. The molecule has 0 unspecified atom stereocenters. The monoisotopic (exact) mass is 507 g/mol. The minimum atomic E-state index is -4.70. The number of benzene rings is 1. The Hall–Kier alpha value is -3.47. The van der Waals surface area contributed by atoms with Crippen molar-refractivity contribution in [2.45, 2.75) is 45.5 Å². The first-order valence-corrected chi connectivity index (χ1v) is 11.0. The third-order valence-corrected chi connectivity index (χ3v) is 5.76. The lowest BCUT2D eigenvalue weighted by atomic mass is 9.91.